The number of ketones is 1. The number of rotatable bonds is 4. The Labute approximate surface area is 94.1 Å². The minimum atomic E-state index is 0.0945. The summed E-state index contributed by atoms with van der Waals surface area (Å²) in [5.41, 5.74) is 2.56. The average molecular weight is 217 g/mol. The molecule has 2 aromatic rings. The van der Waals surface area contributed by atoms with Crippen molar-refractivity contribution in [2.75, 3.05) is 13.6 Å². The van der Waals surface area contributed by atoms with Gasteiger partial charge in [0.2, 0.25) is 0 Å². The molecule has 0 aliphatic carbocycles. The van der Waals surface area contributed by atoms with E-state index in [0.717, 1.165) is 23.3 Å². The van der Waals surface area contributed by atoms with Gasteiger partial charge < -0.3 is 10.3 Å². The zero-order valence-corrected chi connectivity index (χ0v) is 9.50. The largest absolute Gasteiger partial charge is 0.342 e. The molecule has 2 N–H and O–H groups in total. The Bertz CT molecular complexity index is 516. The van der Waals surface area contributed by atoms with Gasteiger partial charge in [0.15, 0.2) is 5.78 Å². The van der Waals surface area contributed by atoms with Crippen LogP contribution < -0.4 is 5.32 Å². The Hall–Kier alpha value is -1.68. The summed E-state index contributed by atoms with van der Waals surface area (Å²) in [6.07, 6.45) is 0.870. The maximum absolute atomic E-state index is 11.7. The number of carbonyl (C=O) groups is 1. The van der Waals surface area contributed by atoms with Gasteiger partial charge >= 0.3 is 0 Å². The molecule has 0 bridgehead atoms. The molecular weight excluding hydrogens is 202 g/mol. The number of hydrogen-bond acceptors (Lipinski definition) is 3. The summed E-state index contributed by atoms with van der Waals surface area (Å²) >= 11 is 0. The third-order valence-corrected chi connectivity index (χ3v) is 2.53. The average Bonchev–Trinajstić information content (AvgIpc) is 2.70. The van der Waals surface area contributed by atoms with Gasteiger partial charge in [0, 0.05) is 12.0 Å². The zero-order chi connectivity index (χ0) is 11.5. The highest BCUT2D eigenvalue weighted by Gasteiger charge is 2.07. The first-order chi connectivity index (χ1) is 7.74. The fourth-order valence-corrected chi connectivity index (χ4v) is 1.67. The molecule has 1 heterocycles. The first-order valence-electron chi connectivity index (χ1n) is 5.41. The van der Waals surface area contributed by atoms with Crippen LogP contribution in [-0.4, -0.2) is 29.3 Å². The first kappa shape index (κ1) is 10.8. The van der Waals surface area contributed by atoms with Crippen LogP contribution in [0, 0.1) is 0 Å². The van der Waals surface area contributed by atoms with Gasteiger partial charge in [-0.1, -0.05) is 6.92 Å². The summed E-state index contributed by atoms with van der Waals surface area (Å²) in [4.78, 5) is 19.3. The highest BCUT2D eigenvalue weighted by atomic mass is 16.1. The van der Waals surface area contributed by atoms with Gasteiger partial charge in [0.1, 0.15) is 5.82 Å². The summed E-state index contributed by atoms with van der Waals surface area (Å²) in [5, 5.41) is 2.86. The molecule has 1 aromatic carbocycles. The Morgan fingerprint density at radius 1 is 1.50 bits per heavy atom. The van der Waals surface area contributed by atoms with Crippen molar-refractivity contribution >= 4 is 16.8 Å². The zero-order valence-electron chi connectivity index (χ0n) is 9.50. The topological polar surface area (TPSA) is 57.8 Å². The molecule has 0 radical (unpaired) electrons. The lowest BCUT2D eigenvalue weighted by Gasteiger charge is -1.99. The van der Waals surface area contributed by atoms with Crippen molar-refractivity contribution in [3.05, 3.63) is 29.6 Å². The summed E-state index contributed by atoms with van der Waals surface area (Å²) in [6.45, 7) is 2.41. The van der Waals surface area contributed by atoms with Crippen LogP contribution in [-0.2, 0) is 6.42 Å². The standard InChI is InChI=1S/C12H15N3O/c1-3-12-14-9-5-4-8(6-10(9)15-12)11(16)7-13-2/h4-6,13H,3,7H2,1-2H3,(H,14,15). The number of Topliss-reactive ketones (excluding diaryl/α,β-unsaturated/α-hetero) is 1. The van der Waals surface area contributed by atoms with Crippen LogP contribution in [0.25, 0.3) is 11.0 Å². The van der Waals surface area contributed by atoms with Gasteiger partial charge in [-0.15, -0.1) is 0 Å². The number of aromatic nitrogens is 2. The van der Waals surface area contributed by atoms with Crippen LogP contribution in [0.2, 0.25) is 0 Å². The van der Waals surface area contributed by atoms with Crippen molar-refractivity contribution in [3.63, 3.8) is 0 Å². The second kappa shape index (κ2) is 4.45. The van der Waals surface area contributed by atoms with Crippen molar-refractivity contribution in [3.8, 4) is 0 Å². The monoisotopic (exact) mass is 217 g/mol. The molecule has 2 rings (SSSR count). The number of benzene rings is 1. The molecule has 0 atom stereocenters. The molecule has 84 valence electrons. The number of aryl methyl sites for hydroxylation is 1. The number of carbonyl (C=O) groups excluding carboxylic acids is 1. The van der Waals surface area contributed by atoms with Gasteiger partial charge in [-0.3, -0.25) is 4.79 Å². The van der Waals surface area contributed by atoms with Gasteiger partial charge in [-0.05, 0) is 25.2 Å². The molecule has 0 saturated carbocycles. The fraction of sp³-hybridized carbons (Fsp3) is 0.333. The van der Waals surface area contributed by atoms with Gasteiger partial charge in [-0.25, -0.2) is 4.98 Å². The van der Waals surface area contributed by atoms with Gasteiger partial charge in [-0.2, -0.15) is 0 Å². The molecule has 0 unspecified atom stereocenters. The number of nitrogens with one attached hydrogen (secondary N) is 2. The second-order valence-electron chi connectivity index (χ2n) is 3.72. The van der Waals surface area contributed by atoms with E-state index >= 15 is 0 Å². The fourth-order valence-electron chi connectivity index (χ4n) is 1.67. The maximum Gasteiger partial charge on any atom is 0.176 e. The van der Waals surface area contributed by atoms with Crippen molar-refractivity contribution in [2.45, 2.75) is 13.3 Å². The summed E-state index contributed by atoms with van der Waals surface area (Å²) < 4.78 is 0. The van der Waals surface area contributed by atoms with Gasteiger partial charge in [0.05, 0.1) is 17.6 Å². The minimum Gasteiger partial charge on any atom is -0.342 e. The van der Waals surface area contributed by atoms with Gasteiger partial charge in [0.25, 0.3) is 0 Å². The molecule has 0 fully saturated rings. The molecule has 4 nitrogen and oxygen atoms in total. The van der Waals surface area contributed by atoms with E-state index < -0.39 is 0 Å². The van der Waals surface area contributed by atoms with Crippen molar-refractivity contribution in [1.29, 1.82) is 0 Å². The third-order valence-electron chi connectivity index (χ3n) is 2.53. The Morgan fingerprint density at radius 3 is 3.00 bits per heavy atom. The normalized spacial score (nSPS) is 10.9. The third kappa shape index (κ3) is 1.97. The van der Waals surface area contributed by atoms with Crippen molar-refractivity contribution < 1.29 is 4.79 Å². The van der Waals surface area contributed by atoms with E-state index in [4.69, 9.17) is 0 Å². The highest BCUT2D eigenvalue weighted by Crippen LogP contribution is 2.14. The first-order valence-corrected chi connectivity index (χ1v) is 5.41. The maximum atomic E-state index is 11.7. The Kier molecular flexibility index (Phi) is 3.01. The smallest absolute Gasteiger partial charge is 0.176 e. The van der Waals surface area contributed by atoms with Crippen molar-refractivity contribution in [2.24, 2.45) is 0 Å². The van der Waals surface area contributed by atoms with Crippen LogP contribution in [0.15, 0.2) is 18.2 Å². The minimum absolute atomic E-state index is 0.0945. The molecule has 16 heavy (non-hydrogen) atoms. The van der Waals surface area contributed by atoms with E-state index in [1.807, 2.05) is 25.1 Å². The predicted octanol–water partition coefficient (Wildman–Crippen LogP) is 1.53. The molecule has 0 spiro atoms. The van der Waals surface area contributed by atoms with E-state index in [1.54, 1.807) is 7.05 Å². The second-order valence-corrected chi connectivity index (χ2v) is 3.72. The number of likely N-dealkylation sites (N-methyl/N-ethyl adjacent to an activating group) is 1. The predicted molar refractivity (Wildman–Crippen MR) is 63.7 cm³/mol. The molecule has 0 aliphatic rings. The number of H-pyrrole nitrogens is 1. The van der Waals surface area contributed by atoms with E-state index in [-0.39, 0.29) is 5.78 Å². The molecule has 4 heteroatoms. The number of nitrogens with zero attached hydrogens (tertiary/aromatic N) is 1. The van der Waals surface area contributed by atoms with E-state index in [0.29, 0.717) is 12.1 Å². The summed E-state index contributed by atoms with van der Waals surface area (Å²) in [5.74, 6) is 1.05. The van der Waals surface area contributed by atoms with Crippen LogP contribution in [0.4, 0.5) is 0 Å². The van der Waals surface area contributed by atoms with Crippen LogP contribution >= 0.6 is 0 Å². The Balaban J connectivity index is 2.39. The summed E-state index contributed by atoms with van der Waals surface area (Å²) in [7, 11) is 1.77. The number of fused-ring (bicyclic) bond motifs is 1. The van der Waals surface area contributed by atoms with Crippen LogP contribution in [0.3, 0.4) is 0 Å². The number of aromatic amines is 1. The van der Waals surface area contributed by atoms with E-state index in [1.165, 1.54) is 0 Å². The SMILES string of the molecule is CCc1nc2ccc(C(=O)CNC)cc2[nH]1. The Morgan fingerprint density at radius 2 is 2.31 bits per heavy atom. The quantitative estimate of drug-likeness (QED) is 0.763. The molecule has 0 saturated heterocycles. The van der Waals surface area contributed by atoms with Crippen molar-refractivity contribution in [1.82, 2.24) is 15.3 Å². The van der Waals surface area contributed by atoms with Crippen LogP contribution in [0.1, 0.15) is 23.1 Å². The summed E-state index contributed by atoms with van der Waals surface area (Å²) in [6, 6.07) is 5.57. The lowest BCUT2D eigenvalue weighted by Crippen LogP contribution is -2.18. The van der Waals surface area contributed by atoms with E-state index in [9.17, 15) is 4.79 Å². The lowest BCUT2D eigenvalue weighted by atomic mass is 10.1. The molecule has 0 amide bonds. The van der Waals surface area contributed by atoms with Crippen LogP contribution in [0.5, 0.6) is 0 Å². The number of imidazole rings is 1. The highest BCUT2D eigenvalue weighted by molar-refractivity contribution is 6.00. The molecule has 0 aliphatic heterocycles. The van der Waals surface area contributed by atoms with E-state index in [2.05, 4.69) is 15.3 Å². The number of hydrogen-bond donors (Lipinski definition) is 2. The molecule has 1 aromatic heterocycles. The molecular formula is C12H15N3O. The lowest BCUT2D eigenvalue weighted by molar-refractivity contribution is 0.0993.